The van der Waals surface area contributed by atoms with E-state index in [1.165, 1.54) is 12.1 Å². The lowest BCUT2D eigenvalue weighted by atomic mass is 10.2. The Balaban J connectivity index is 2.10. The van der Waals surface area contributed by atoms with Gasteiger partial charge in [0.25, 0.3) is 0 Å². The molecule has 0 aliphatic rings. The SMILES string of the molecule is Fc1cc(C#CCCl)cc(OCc2ncccn2)c1. The first-order valence-corrected chi connectivity index (χ1v) is 6.05. The topological polar surface area (TPSA) is 35.0 Å². The molecule has 0 N–H and O–H groups in total. The van der Waals surface area contributed by atoms with Crippen LogP contribution in [-0.4, -0.2) is 15.8 Å². The van der Waals surface area contributed by atoms with Gasteiger partial charge in [-0.05, 0) is 18.2 Å². The molecule has 0 amide bonds. The summed E-state index contributed by atoms with van der Waals surface area (Å²) in [6.45, 7) is 0.173. The Morgan fingerprint density at radius 3 is 2.74 bits per heavy atom. The molecule has 0 spiro atoms. The zero-order chi connectivity index (χ0) is 13.5. The van der Waals surface area contributed by atoms with Gasteiger partial charge in [-0.1, -0.05) is 11.8 Å². The fraction of sp³-hybridized carbons (Fsp3) is 0.143. The van der Waals surface area contributed by atoms with Crippen LogP contribution in [0.1, 0.15) is 11.4 Å². The molecule has 5 heteroatoms. The summed E-state index contributed by atoms with van der Waals surface area (Å²) in [6.07, 6.45) is 3.24. The molecule has 0 aliphatic carbocycles. The van der Waals surface area contributed by atoms with Gasteiger partial charge in [-0.2, -0.15) is 0 Å². The van der Waals surface area contributed by atoms with Gasteiger partial charge in [-0.25, -0.2) is 14.4 Å². The molecular formula is C14H10ClFN2O. The number of alkyl halides is 1. The highest BCUT2D eigenvalue weighted by atomic mass is 35.5. The van der Waals surface area contributed by atoms with E-state index in [0.29, 0.717) is 17.1 Å². The summed E-state index contributed by atoms with van der Waals surface area (Å²) in [6, 6.07) is 5.97. The third-order valence-electron chi connectivity index (χ3n) is 2.16. The molecule has 0 aliphatic heterocycles. The molecule has 0 unspecified atom stereocenters. The van der Waals surface area contributed by atoms with E-state index < -0.39 is 5.82 Å². The quantitative estimate of drug-likeness (QED) is 0.639. The van der Waals surface area contributed by atoms with Crippen LogP contribution in [0.15, 0.2) is 36.7 Å². The Bertz CT molecular complexity index is 608. The van der Waals surface area contributed by atoms with Crippen LogP contribution >= 0.6 is 11.6 Å². The second-order valence-electron chi connectivity index (χ2n) is 3.56. The van der Waals surface area contributed by atoms with Gasteiger partial charge in [0.2, 0.25) is 0 Å². The molecule has 1 aromatic heterocycles. The van der Waals surface area contributed by atoms with E-state index in [4.69, 9.17) is 16.3 Å². The Kier molecular flexibility index (Phi) is 4.71. The first kappa shape index (κ1) is 13.3. The molecule has 2 aromatic rings. The number of hydrogen-bond acceptors (Lipinski definition) is 3. The Morgan fingerprint density at radius 1 is 1.21 bits per heavy atom. The van der Waals surface area contributed by atoms with Crippen molar-refractivity contribution in [3.63, 3.8) is 0 Å². The maximum Gasteiger partial charge on any atom is 0.166 e. The predicted octanol–water partition coefficient (Wildman–Crippen LogP) is 2.79. The van der Waals surface area contributed by atoms with E-state index in [9.17, 15) is 4.39 Å². The zero-order valence-electron chi connectivity index (χ0n) is 9.94. The molecule has 0 saturated carbocycles. The molecule has 19 heavy (non-hydrogen) atoms. The lowest BCUT2D eigenvalue weighted by Gasteiger charge is -2.05. The van der Waals surface area contributed by atoms with E-state index in [0.717, 1.165) is 0 Å². The van der Waals surface area contributed by atoms with Crippen molar-refractivity contribution in [2.24, 2.45) is 0 Å². The van der Waals surface area contributed by atoms with Crippen molar-refractivity contribution >= 4 is 11.6 Å². The van der Waals surface area contributed by atoms with Crippen LogP contribution in [0.25, 0.3) is 0 Å². The average Bonchev–Trinajstić information content (AvgIpc) is 2.43. The number of hydrogen-bond donors (Lipinski definition) is 0. The Morgan fingerprint density at radius 2 is 2.00 bits per heavy atom. The molecule has 1 heterocycles. The first-order chi connectivity index (χ1) is 9.28. The summed E-state index contributed by atoms with van der Waals surface area (Å²) in [5, 5.41) is 0. The summed E-state index contributed by atoms with van der Waals surface area (Å²) in [4.78, 5) is 8.03. The lowest BCUT2D eigenvalue weighted by molar-refractivity contribution is 0.294. The van der Waals surface area contributed by atoms with Crippen LogP contribution in [0.3, 0.4) is 0 Å². The Labute approximate surface area is 115 Å². The minimum Gasteiger partial charge on any atom is -0.485 e. The average molecular weight is 277 g/mol. The van der Waals surface area contributed by atoms with E-state index in [-0.39, 0.29) is 12.5 Å². The highest BCUT2D eigenvalue weighted by Gasteiger charge is 2.02. The third-order valence-corrected chi connectivity index (χ3v) is 2.29. The van der Waals surface area contributed by atoms with Crippen molar-refractivity contribution in [1.29, 1.82) is 0 Å². The summed E-state index contributed by atoms with van der Waals surface area (Å²) in [7, 11) is 0. The summed E-state index contributed by atoms with van der Waals surface area (Å²) < 4.78 is 18.8. The minimum atomic E-state index is -0.412. The molecule has 3 nitrogen and oxygen atoms in total. The van der Waals surface area contributed by atoms with Gasteiger partial charge in [0, 0.05) is 24.0 Å². The fourth-order valence-corrected chi connectivity index (χ4v) is 1.47. The molecule has 0 bridgehead atoms. The number of nitrogens with zero attached hydrogens (tertiary/aromatic N) is 2. The van der Waals surface area contributed by atoms with Crippen LogP contribution in [0.5, 0.6) is 5.75 Å². The molecule has 96 valence electrons. The summed E-state index contributed by atoms with van der Waals surface area (Å²) >= 11 is 5.46. The van der Waals surface area contributed by atoms with Gasteiger partial charge in [0.05, 0.1) is 5.88 Å². The van der Waals surface area contributed by atoms with E-state index in [2.05, 4.69) is 21.8 Å². The van der Waals surface area contributed by atoms with Crippen LogP contribution in [-0.2, 0) is 6.61 Å². The summed E-state index contributed by atoms with van der Waals surface area (Å²) in [5.74, 6) is 6.10. The van der Waals surface area contributed by atoms with Gasteiger partial charge >= 0.3 is 0 Å². The van der Waals surface area contributed by atoms with Crippen LogP contribution < -0.4 is 4.74 Å². The standard InChI is InChI=1S/C14H10ClFN2O/c15-4-1-3-11-7-12(16)9-13(8-11)19-10-14-17-5-2-6-18-14/h2,5-9H,4,10H2. The monoisotopic (exact) mass is 276 g/mol. The van der Waals surface area contributed by atoms with Crippen molar-refractivity contribution in [2.75, 3.05) is 5.88 Å². The van der Waals surface area contributed by atoms with E-state index >= 15 is 0 Å². The maximum absolute atomic E-state index is 13.4. The molecule has 0 atom stereocenters. The predicted molar refractivity (Wildman–Crippen MR) is 70.4 cm³/mol. The van der Waals surface area contributed by atoms with Crippen molar-refractivity contribution in [3.8, 4) is 17.6 Å². The number of ether oxygens (including phenoxy) is 1. The molecule has 0 fully saturated rings. The normalized spacial score (nSPS) is 9.58. The highest BCUT2D eigenvalue weighted by molar-refractivity contribution is 6.19. The smallest absolute Gasteiger partial charge is 0.166 e. The zero-order valence-corrected chi connectivity index (χ0v) is 10.7. The molecule has 2 rings (SSSR count). The lowest BCUT2D eigenvalue weighted by Crippen LogP contribution is -2.00. The molecular weight excluding hydrogens is 267 g/mol. The minimum absolute atomic E-state index is 0.173. The first-order valence-electron chi connectivity index (χ1n) is 5.52. The fourth-order valence-electron chi connectivity index (χ4n) is 1.41. The van der Waals surface area contributed by atoms with Crippen LogP contribution in [0.4, 0.5) is 4.39 Å². The van der Waals surface area contributed by atoms with Gasteiger partial charge < -0.3 is 4.74 Å². The molecule has 0 radical (unpaired) electrons. The largest absolute Gasteiger partial charge is 0.485 e. The van der Waals surface area contributed by atoms with Gasteiger partial charge in [-0.15, -0.1) is 11.6 Å². The van der Waals surface area contributed by atoms with Gasteiger partial charge in [0.15, 0.2) is 5.82 Å². The number of rotatable bonds is 3. The number of halogens is 2. The van der Waals surface area contributed by atoms with Crippen molar-refractivity contribution in [2.45, 2.75) is 6.61 Å². The second kappa shape index (κ2) is 6.72. The van der Waals surface area contributed by atoms with E-state index in [1.807, 2.05) is 0 Å². The van der Waals surface area contributed by atoms with Gasteiger partial charge in [0.1, 0.15) is 18.2 Å². The van der Waals surface area contributed by atoms with Gasteiger partial charge in [-0.3, -0.25) is 0 Å². The van der Waals surface area contributed by atoms with Crippen LogP contribution in [0, 0.1) is 17.7 Å². The third kappa shape index (κ3) is 4.23. The van der Waals surface area contributed by atoms with Crippen molar-refractivity contribution in [3.05, 3.63) is 53.9 Å². The van der Waals surface area contributed by atoms with E-state index in [1.54, 1.807) is 24.5 Å². The van der Waals surface area contributed by atoms with Crippen molar-refractivity contribution in [1.82, 2.24) is 9.97 Å². The second-order valence-corrected chi connectivity index (χ2v) is 3.83. The van der Waals surface area contributed by atoms with Crippen molar-refractivity contribution < 1.29 is 9.13 Å². The maximum atomic E-state index is 13.4. The molecule has 0 saturated heterocycles. The summed E-state index contributed by atoms with van der Waals surface area (Å²) in [5.41, 5.74) is 0.518. The number of benzene rings is 1. The van der Waals surface area contributed by atoms with Crippen LogP contribution in [0.2, 0.25) is 0 Å². The molecule has 1 aromatic carbocycles. The highest BCUT2D eigenvalue weighted by Crippen LogP contribution is 2.16. The number of aromatic nitrogens is 2. The Hall–Kier alpha value is -2.12.